The molecule has 5 nitrogen and oxygen atoms in total. The average Bonchev–Trinajstić information content (AvgIpc) is 2.49. The van der Waals surface area contributed by atoms with Crippen LogP contribution in [0, 0.1) is 0 Å². The number of hydrogen-bond acceptors (Lipinski definition) is 5. The summed E-state index contributed by atoms with van der Waals surface area (Å²) in [4.78, 5) is 19.6. The quantitative estimate of drug-likeness (QED) is 0.775. The first-order chi connectivity index (χ1) is 10.8. The fourth-order valence-corrected chi connectivity index (χ4v) is 3.01. The second kappa shape index (κ2) is 6.30. The zero-order chi connectivity index (χ0) is 16.6. The molecule has 2 aromatic heterocycles. The van der Waals surface area contributed by atoms with Crippen LogP contribution in [0.15, 0.2) is 12.5 Å². The Balaban J connectivity index is 1.82. The fraction of sp³-hybridized carbons (Fsp3) is 0.500. The van der Waals surface area contributed by atoms with Gasteiger partial charge in [-0.1, -0.05) is 44.0 Å². The Kier molecular flexibility index (Phi) is 4.54. The van der Waals surface area contributed by atoms with Crippen LogP contribution in [0.1, 0.15) is 43.4 Å². The predicted molar refractivity (Wildman–Crippen MR) is 90.6 cm³/mol. The highest BCUT2D eigenvalue weighted by atomic mass is 35.5. The smallest absolute Gasteiger partial charge is 0.138 e. The molecule has 0 bridgehead atoms. The van der Waals surface area contributed by atoms with E-state index in [9.17, 15) is 0 Å². The van der Waals surface area contributed by atoms with E-state index in [1.807, 2.05) is 6.20 Å². The first-order valence-electron chi connectivity index (χ1n) is 7.57. The van der Waals surface area contributed by atoms with Crippen LogP contribution in [0.2, 0.25) is 10.3 Å². The minimum Gasteiger partial charge on any atom is -0.293 e. The van der Waals surface area contributed by atoms with Crippen molar-refractivity contribution in [1.82, 2.24) is 24.8 Å². The molecule has 7 heteroatoms. The van der Waals surface area contributed by atoms with E-state index in [4.69, 9.17) is 28.2 Å². The molecule has 0 spiro atoms. The van der Waals surface area contributed by atoms with Crippen LogP contribution in [-0.2, 0) is 24.9 Å². The summed E-state index contributed by atoms with van der Waals surface area (Å²) in [5, 5.41) is 0.822. The molecule has 2 aromatic rings. The molecule has 3 rings (SSSR count). The number of aromatic nitrogens is 4. The third-order valence-electron chi connectivity index (χ3n) is 3.92. The van der Waals surface area contributed by atoms with Gasteiger partial charge in [0.2, 0.25) is 0 Å². The van der Waals surface area contributed by atoms with Crippen LogP contribution in [0.4, 0.5) is 0 Å². The zero-order valence-corrected chi connectivity index (χ0v) is 15.0. The highest BCUT2D eigenvalue weighted by Crippen LogP contribution is 2.26. The largest absolute Gasteiger partial charge is 0.293 e. The Morgan fingerprint density at radius 2 is 1.83 bits per heavy atom. The number of hydrogen-bond donors (Lipinski definition) is 0. The van der Waals surface area contributed by atoms with Gasteiger partial charge in [0.1, 0.15) is 22.5 Å². The van der Waals surface area contributed by atoms with Crippen molar-refractivity contribution < 1.29 is 0 Å². The molecule has 0 aliphatic carbocycles. The molecule has 0 aromatic carbocycles. The van der Waals surface area contributed by atoms with E-state index in [1.54, 1.807) is 0 Å². The maximum Gasteiger partial charge on any atom is 0.138 e. The summed E-state index contributed by atoms with van der Waals surface area (Å²) in [7, 11) is 0. The van der Waals surface area contributed by atoms with Crippen molar-refractivity contribution in [2.24, 2.45) is 0 Å². The van der Waals surface area contributed by atoms with Gasteiger partial charge in [-0.25, -0.2) is 19.9 Å². The summed E-state index contributed by atoms with van der Waals surface area (Å²) >= 11 is 12.3. The predicted octanol–water partition coefficient (Wildman–Crippen LogP) is 3.43. The van der Waals surface area contributed by atoms with E-state index < -0.39 is 0 Å². The van der Waals surface area contributed by atoms with Gasteiger partial charge in [-0.3, -0.25) is 4.90 Å². The molecule has 122 valence electrons. The number of fused-ring (bicyclic) bond motifs is 1. The lowest BCUT2D eigenvalue weighted by Gasteiger charge is -2.29. The highest BCUT2D eigenvalue weighted by Gasteiger charge is 2.24. The van der Waals surface area contributed by atoms with Crippen LogP contribution < -0.4 is 0 Å². The van der Waals surface area contributed by atoms with Crippen LogP contribution in [0.25, 0.3) is 0 Å². The molecule has 3 heterocycles. The lowest BCUT2D eigenvalue weighted by atomic mass is 9.95. The topological polar surface area (TPSA) is 54.8 Å². The van der Waals surface area contributed by atoms with Crippen molar-refractivity contribution >= 4 is 23.2 Å². The molecule has 0 radical (unpaired) electrons. The van der Waals surface area contributed by atoms with Gasteiger partial charge in [0.05, 0.1) is 5.69 Å². The highest BCUT2D eigenvalue weighted by molar-refractivity contribution is 6.34. The molecular formula is C16H19Cl2N5. The van der Waals surface area contributed by atoms with E-state index in [2.05, 4.69) is 40.6 Å². The molecule has 23 heavy (non-hydrogen) atoms. The van der Waals surface area contributed by atoms with E-state index in [0.717, 1.165) is 36.6 Å². The number of rotatable bonds is 2. The maximum absolute atomic E-state index is 6.15. The third kappa shape index (κ3) is 3.62. The van der Waals surface area contributed by atoms with Gasteiger partial charge in [-0.15, -0.1) is 0 Å². The van der Waals surface area contributed by atoms with Crippen molar-refractivity contribution in [3.05, 3.63) is 45.5 Å². The van der Waals surface area contributed by atoms with E-state index in [1.165, 1.54) is 11.9 Å². The Morgan fingerprint density at radius 1 is 1.13 bits per heavy atom. The average molecular weight is 352 g/mol. The van der Waals surface area contributed by atoms with Crippen LogP contribution >= 0.6 is 23.2 Å². The number of nitrogens with zero attached hydrogens (tertiary/aromatic N) is 5. The summed E-state index contributed by atoms with van der Waals surface area (Å²) in [5.41, 5.74) is 3.01. The van der Waals surface area contributed by atoms with E-state index in [0.29, 0.717) is 16.9 Å². The third-order valence-corrected chi connectivity index (χ3v) is 4.57. The van der Waals surface area contributed by atoms with Gasteiger partial charge in [0.25, 0.3) is 0 Å². The standard InChI is InChI=1S/C16H19Cl2N5/c1-16(2,3)15-19-6-10-4-5-23(8-12(10)22-15)7-11-13(17)20-9-21-14(11)18/h6,9H,4-5,7-8H2,1-3H3. The Bertz CT molecular complexity index is 707. The molecule has 0 fully saturated rings. The summed E-state index contributed by atoms with van der Waals surface area (Å²) < 4.78 is 0. The van der Waals surface area contributed by atoms with Crippen molar-refractivity contribution in [1.29, 1.82) is 0 Å². The monoisotopic (exact) mass is 351 g/mol. The van der Waals surface area contributed by atoms with Crippen LogP contribution in [0.3, 0.4) is 0 Å². The molecular weight excluding hydrogens is 333 g/mol. The maximum atomic E-state index is 6.15. The number of halogens is 2. The van der Waals surface area contributed by atoms with E-state index >= 15 is 0 Å². The van der Waals surface area contributed by atoms with Crippen LogP contribution in [0.5, 0.6) is 0 Å². The zero-order valence-electron chi connectivity index (χ0n) is 13.5. The molecule has 0 saturated heterocycles. The van der Waals surface area contributed by atoms with E-state index in [-0.39, 0.29) is 5.41 Å². The lowest BCUT2D eigenvalue weighted by molar-refractivity contribution is 0.239. The van der Waals surface area contributed by atoms with Crippen molar-refractivity contribution in [3.63, 3.8) is 0 Å². The molecule has 1 aliphatic heterocycles. The van der Waals surface area contributed by atoms with Gasteiger partial charge in [0.15, 0.2) is 0 Å². The van der Waals surface area contributed by atoms with Gasteiger partial charge in [-0.05, 0) is 12.0 Å². The minimum absolute atomic E-state index is 0.0583. The van der Waals surface area contributed by atoms with Gasteiger partial charge in [0, 0.05) is 36.8 Å². The van der Waals surface area contributed by atoms with Crippen molar-refractivity contribution in [2.75, 3.05) is 6.54 Å². The lowest BCUT2D eigenvalue weighted by Crippen LogP contribution is -2.32. The van der Waals surface area contributed by atoms with Gasteiger partial charge < -0.3 is 0 Å². The molecule has 0 amide bonds. The Hall–Kier alpha value is -1.30. The second-order valence-electron chi connectivity index (χ2n) is 6.81. The van der Waals surface area contributed by atoms with Crippen molar-refractivity contribution in [3.8, 4) is 0 Å². The summed E-state index contributed by atoms with van der Waals surface area (Å²) in [5.74, 6) is 0.872. The van der Waals surface area contributed by atoms with Crippen molar-refractivity contribution in [2.45, 2.75) is 45.7 Å². The molecule has 0 saturated carbocycles. The minimum atomic E-state index is -0.0583. The molecule has 1 aliphatic rings. The van der Waals surface area contributed by atoms with Crippen LogP contribution in [-0.4, -0.2) is 31.4 Å². The Labute approximate surface area is 146 Å². The molecule has 0 unspecified atom stereocenters. The summed E-state index contributed by atoms with van der Waals surface area (Å²) in [6.07, 6.45) is 4.26. The molecule has 0 atom stereocenters. The first kappa shape index (κ1) is 16.6. The SMILES string of the molecule is CC(C)(C)c1ncc2c(n1)CN(Cc1c(Cl)ncnc1Cl)CC2. The summed E-state index contributed by atoms with van der Waals surface area (Å²) in [6.45, 7) is 8.64. The second-order valence-corrected chi connectivity index (χ2v) is 7.53. The van der Waals surface area contributed by atoms with Gasteiger partial charge in [-0.2, -0.15) is 0 Å². The summed E-state index contributed by atoms with van der Waals surface area (Å²) in [6, 6.07) is 0. The Morgan fingerprint density at radius 3 is 2.48 bits per heavy atom. The first-order valence-corrected chi connectivity index (χ1v) is 8.32. The van der Waals surface area contributed by atoms with Gasteiger partial charge >= 0.3 is 0 Å². The molecule has 0 N–H and O–H groups in total. The fourth-order valence-electron chi connectivity index (χ4n) is 2.58. The normalized spacial score (nSPS) is 15.5.